The van der Waals surface area contributed by atoms with Crippen LogP contribution in [0.3, 0.4) is 0 Å². The Morgan fingerprint density at radius 3 is 2.71 bits per heavy atom. The number of aromatic nitrogens is 4. The van der Waals surface area contributed by atoms with Crippen LogP contribution in [0.1, 0.15) is 39.2 Å². The summed E-state index contributed by atoms with van der Waals surface area (Å²) in [6, 6.07) is 8.50. The largest absolute Gasteiger partial charge is 0.443 e. The fraction of sp³-hybridized carbons (Fsp3) is 0.346. The maximum atomic E-state index is 12.8. The molecule has 0 saturated heterocycles. The molecule has 1 spiro atoms. The Hall–Kier alpha value is -3.81. The summed E-state index contributed by atoms with van der Waals surface area (Å²) in [5, 5.41) is 8.72. The molecular weight excluding hydrogens is 428 g/mol. The first-order valence-electron chi connectivity index (χ1n) is 11.6. The Bertz CT molecular complexity index is 1420. The molecule has 1 amide bonds. The number of nitrogens with zero attached hydrogens (tertiary/aromatic N) is 4. The number of aryl methyl sites for hydroxylation is 1. The predicted octanol–water partition coefficient (Wildman–Crippen LogP) is 5.49. The minimum Gasteiger partial charge on any atom is -0.443 e. The van der Waals surface area contributed by atoms with Gasteiger partial charge in [0.25, 0.3) is 0 Å². The number of nitrogens with one attached hydrogen (secondary N) is 2. The lowest BCUT2D eigenvalue weighted by Gasteiger charge is -2.24. The second kappa shape index (κ2) is 7.09. The monoisotopic (exact) mass is 456 g/mol. The molecule has 2 N–H and O–H groups in total. The van der Waals surface area contributed by atoms with Gasteiger partial charge in [-0.3, -0.25) is 9.58 Å². The molecule has 2 aliphatic rings. The van der Waals surface area contributed by atoms with Gasteiger partial charge in [-0.15, -0.1) is 0 Å². The van der Waals surface area contributed by atoms with Gasteiger partial charge in [-0.2, -0.15) is 5.10 Å². The first kappa shape index (κ1) is 20.8. The van der Waals surface area contributed by atoms with Crippen LogP contribution in [0.5, 0.6) is 0 Å². The Balaban J connectivity index is 1.32. The van der Waals surface area contributed by atoms with Crippen molar-refractivity contribution in [3.8, 4) is 11.1 Å². The Morgan fingerprint density at radius 1 is 1.18 bits per heavy atom. The number of pyridine rings is 1. The van der Waals surface area contributed by atoms with Crippen LogP contribution < -0.4 is 10.2 Å². The molecule has 1 aromatic carbocycles. The van der Waals surface area contributed by atoms with Gasteiger partial charge in [-0.1, -0.05) is 6.07 Å². The van der Waals surface area contributed by atoms with Crippen LogP contribution in [0.25, 0.3) is 22.0 Å². The van der Waals surface area contributed by atoms with Gasteiger partial charge < -0.3 is 15.0 Å². The summed E-state index contributed by atoms with van der Waals surface area (Å²) in [6.07, 6.45) is 9.45. The number of fused-ring (bicyclic) bond motifs is 3. The average molecular weight is 457 g/mol. The number of carbonyl (C=O) groups is 1. The van der Waals surface area contributed by atoms with Crippen molar-refractivity contribution in [1.29, 1.82) is 0 Å². The molecule has 6 rings (SSSR count). The van der Waals surface area contributed by atoms with E-state index in [4.69, 9.17) is 9.72 Å². The number of benzene rings is 1. The average Bonchev–Trinajstić information content (AvgIpc) is 3.09. The molecule has 1 aliphatic heterocycles. The lowest BCUT2D eigenvalue weighted by Crippen LogP contribution is -2.37. The van der Waals surface area contributed by atoms with E-state index in [0.717, 1.165) is 57.6 Å². The Morgan fingerprint density at radius 2 is 2.00 bits per heavy atom. The number of aromatic amines is 1. The summed E-state index contributed by atoms with van der Waals surface area (Å²) in [5.41, 5.74) is 5.76. The molecule has 1 fully saturated rings. The van der Waals surface area contributed by atoms with Crippen LogP contribution >= 0.6 is 0 Å². The molecule has 34 heavy (non-hydrogen) atoms. The molecule has 0 unspecified atom stereocenters. The SMILES string of the molecule is Cn1cc(Nc2ccc3c(-c4cnc5c(c4)C4(CC4)CN5C(=O)OC(C)(C)C)c[nH]c3c2)cn1. The minimum atomic E-state index is -0.536. The van der Waals surface area contributed by atoms with E-state index in [0.29, 0.717) is 6.54 Å². The van der Waals surface area contributed by atoms with Gasteiger partial charge in [0.05, 0.1) is 11.9 Å². The molecule has 8 heteroatoms. The molecule has 1 saturated carbocycles. The molecule has 0 radical (unpaired) electrons. The lowest BCUT2D eigenvalue weighted by atomic mass is 9.96. The van der Waals surface area contributed by atoms with E-state index in [2.05, 4.69) is 39.7 Å². The molecule has 8 nitrogen and oxygen atoms in total. The molecule has 3 aromatic heterocycles. The standard InChI is InChI=1S/C26H28N6O2/c1-25(2,3)34-24(33)32-15-26(7-8-26)21-9-16(11-28-23(21)32)20-13-27-22-10-17(5-6-19(20)22)30-18-12-29-31(4)14-18/h5-6,9-14,27,30H,7-8,15H2,1-4H3. The van der Waals surface area contributed by atoms with Crippen LogP contribution in [-0.4, -0.2) is 38.0 Å². The number of anilines is 3. The number of amides is 1. The molecule has 1 aliphatic carbocycles. The van der Waals surface area contributed by atoms with E-state index < -0.39 is 5.60 Å². The Kier molecular flexibility index (Phi) is 4.33. The van der Waals surface area contributed by atoms with E-state index in [1.54, 1.807) is 15.8 Å². The van der Waals surface area contributed by atoms with Crippen molar-refractivity contribution in [2.45, 2.75) is 44.6 Å². The highest BCUT2D eigenvalue weighted by molar-refractivity contribution is 5.98. The molecular formula is C26H28N6O2. The number of hydrogen-bond acceptors (Lipinski definition) is 5. The fourth-order valence-corrected chi connectivity index (χ4v) is 4.81. The lowest BCUT2D eigenvalue weighted by molar-refractivity contribution is 0.0580. The van der Waals surface area contributed by atoms with Crippen LogP contribution in [0.2, 0.25) is 0 Å². The van der Waals surface area contributed by atoms with Gasteiger partial charge in [0.2, 0.25) is 0 Å². The highest BCUT2D eigenvalue weighted by Crippen LogP contribution is 2.56. The second-order valence-electron chi connectivity index (χ2n) is 10.4. The third kappa shape index (κ3) is 3.50. The summed E-state index contributed by atoms with van der Waals surface area (Å²) < 4.78 is 7.41. The van der Waals surface area contributed by atoms with E-state index in [1.165, 1.54) is 0 Å². The van der Waals surface area contributed by atoms with Gasteiger partial charge in [-0.25, -0.2) is 9.78 Å². The topological polar surface area (TPSA) is 88.1 Å². The molecule has 174 valence electrons. The Labute approximate surface area is 197 Å². The smallest absolute Gasteiger partial charge is 0.416 e. The number of carbonyl (C=O) groups excluding carboxylic acids is 1. The quantitative estimate of drug-likeness (QED) is 0.425. The maximum Gasteiger partial charge on any atom is 0.416 e. The van der Waals surface area contributed by atoms with E-state index in [1.807, 2.05) is 46.4 Å². The highest BCUT2D eigenvalue weighted by Gasteiger charge is 2.54. The number of rotatable bonds is 3. The molecule has 4 aromatic rings. The summed E-state index contributed by atoms with van der Waals surface area (Å²) >= 11 is 0. The summed E-state index contributed by atoms with van der Waals surface area (Å²) in [7, 11) is 1.90. The molecule has 4 heterocycles. The zero-order chi connectivity index (χ0) is 23.7. The van der Waals surface area contributed by atoms with Gasteiger partial charge in [0, 0.05) is 70.9 Å². The van der Waals surface area contributed by atoms with Crippen molar-refractivity contribution in [1.82, 2.24) is 19.7 Å². The first-order chi connectivity index (χ1) is 16.2. The minimum absolute atomic E-state index is 0.0160. The van der Waals surface area contributed by atoms with Crippen molar-refractivity contribution in [2.75, 3.05) is 16.8 Å². The van der Waals surface area contributed by atoms with Gasteiger partial charge >= 0.3 is 6.09 Å². The summed E-state index contributed by atoms with van der Waals surface area (Å²) in [5.74, 6) is 0.735. The zero-order valence-electron chi connectivity index (χ0n) is 19.8. The van der Waals surface area contributed by atoms with E-state index >= 15 is 0 Å². The third-order valence-corrected chi connectivity index (χ3v) is 6.61. The number of H-pyrrole nitrogens is 1. The van der Waals surface area contributed by atoms with Crippen LogP contribution in [-0.2, 0) is 17.2 Å². The van der Waals surface area contributed by atoms with Crippen molar-refractivity contribution in [3.05, 3.63) is 54.6 Å². The van der Waals surface area contributed by atoms with Crippen molar-refractivity contribution >= 4 is 34.2 Å². The van der Waals surface area contributed by atoms with Gasteiger partial charge in [0.15, 0.2) is 0 Å². The maximum absolute atomic E-state index is 12.8. The normalized spacial score (nSPS) is 16.2. The van der Waals surface area contributed by atoms with Crippen molar-refractivity contribution < 1.29 is 9.53 Å². The fourth-order valence-electron chi connectivity index (χ4n) is 4.81. The third-order valence-electron chi connectivity index (χ3n) is 6.61. The van der Waals surface area contributed by atoms with Crippen molar-refractivity contribution in [3.63, 3.8) is 0 Å². The first-order valence-corrected chi connectivity index (χ1v) is 11.6. The second-order valence-corrected chi connectivity index (χ2v) is 10.4. The number of ether oxygens (including phenoxy) is 1. The van der Waals surface area contributed by atoms with Crippen LogP contribution in [0.15, 0.2) is 49.1 Å². The van der Waals surface area contributed by atoms with E-state index in [9.17, 15) is 4.79 Å². The predicted molar refractivity (Wildman–Crippen MR) is 133 cm³/mol. The number of hydrogen-bond donors (Lipinski definition) is 2. The van der Waals surface area contributed by atoms with Crippen LogP contribution in [0, 0.1) is 0 Å². The highest BCUT2D eigenvalue weighted by atomic mass is 16.6. The van der Waals surface area contributed by atoms with Gasteiger partial charge in [0.1, 0.15) is 11.4 Å². The molecule has 0 atom stereocenters. The zero-order valence-corrected chi connectivity index (χ0v) is 19.8. The van der Waals surface area contributed by atoms with E-state index in [-0.39, 0.29) is 11.5 Å². The summed E-state index contributed by atoms with van der Waals surface area (Å²) in [4.78, 5) is 22.7. The van der Waals surface area contributed by atoms with Crippen molar-refractivity contribution in [2.24, 2.45) is 7.05 Å². The van der Waals surface area contributed by atoms with Gasteiger partial charge in [-0.05, 0) is 51.8 Å². The molecule has 0 bridgehead atoms. The van der Waals surface area contributed by atoms with Crippen LogP contribution in [0.4, 0.5) is 22.0 Å². The summed E-state index contributed by atoms with van der Waals surface area (Å²) in [6.45, 7) is 6.31.